The number of aromatic nitrogens is 3. The summed E-state index contributed by atoms with van der Waals surface area (Å²) in [5.41, 5.74) is 0.713. The fourth-order valence-corrected chi connectivity index (χ4v) is 6.29. The number of ether oxygens (including phenoxy) is 3. The number of hydrogen-bond donors (Lipinski definition) is 1. The molecule has 1 N–H and O–H groups in total. The lowest BCUT2D eigenvalue weighted by Gasteiger charge is -2.16. The van der Waals surface area contributed by atoms with E-state index in [1.165, 1.54) is 29.7 Å². The fourth-order valence-electron chi connectivity index (χ4n) is 6.07. The number of nitrogens with one attached hydrogen (secondary N) is 1. The number of benzene rings is 4. The Kier molecular flexibility index (Phi) is 9.59. The number of nitrogens with zero attached hydrogens (tertiary/aromatic N) is 4. The molecule has 50 heavy (non-hydrogen) atoms. The van der Waals surface area contributed by atoms with Crippen molar-refractivity contribution in [2.24, 2.45) is 0 Å². The van der Waals surface area contributed by atoms with Crippen LogP contribution in [0.1, 0.15) is 29.8 Å². The van der Waals surface area contributed by atoms with Gasteiger partial charge in [0.25, 0.3) is 5.91 Å². The van der Waals surface area contributed by atoms with Gasteiger partial charge in [-0.15, -0.1) is 0 Å². The van der Waals surface area contributed by atoms with Crippen LogP contribution in [-0.2, 0) is 0 Å². The van der Waals surface area contributed by atoms with Gasteiger partial charge in [-0.25, -0.2) is 9.07 Å². The molecule has 2 aromatic heterocycles. The molecule has 1 aliphatic heterocycles. The monoisotopic (exact) mass is 693 g/mol. The molecule has 0 spiro atoms. The van der Waals surface area contributed by atoms with Crippen LogP contribution < -0.4 is 25.0 Å². The molecule has 254 valence electrons. The molecule has 10 nitrogen and oxygen atoms in total. The second-order valence-corrected chi connectivity index (χ2v) is 12.2. The molecule has 0 bridgehead atoms. The molecular formula is C38H33ClFN5O5. The molecule has 12 heteroatoms. The zero-order valence-electron chi connectivity index (χ0n) is 27.2. The minimum atomic E-state index is -0.809. The molecule has 1 saturated heterocycles. The third kappa shape index (κ3) is 6.83. The second-order valence-electron chi connectivity index (χ2n) is 11.8. The average Bonchev–Trinajstić information content (AvgIpc) is 3.65. The Morgan fingerprint density at radius 2 is 1.72 bits per heavy atom. The Hall–Kier alpha value is -5.52. The first-order chi connectivity index (χ1) is 24.4. The predicted octanol–water partition coefficient (Wildman–Crippen LogP) is 7.64. The highest BCUT2D eigenvalue weighted by molar-refractivity contribution is 6.32. The summed E-state index contributed by atoms with van der Waals surface area (Å²) in [7, 11) is 1.56. The molecule has 0 aliphatic carbocycles. The Balaban J connectivity index is 1.10. The summed E-state index contributed by atoms with van der Waals surface area (Å²) in [5.74, 6) is -0.206. The molecule has 4 aromatic carbocycles. The van der Waals surface area contributed by atoms with E-state index in [0.717, 1.165) is 32.1 Å². The van der Waals surface area contributed by atoms with Crippen molar-refractivity contribution in [2.45, 2.75) is 19.3 Å². The van der Waals surface area contributed by atoms with Gasteiger partial charge in [-0.3, -0.25) is 14.6 Å². The molecular weight excluding hydrogens is 661 g/mol. The second kappa shape index (κ2) is 14.5. The predicted molar refractivity (Wildman–Crippen MR) is 191 cm³/mol. The average molecular weight is 694 g/mol. The maximum atomic E-state index is 15.5. The summed E-state index contributed by atoms with van der Waals surface area (Å²) < 4.78 is 34.6. The van der Waals surface area contributed by atoms with Gasteiger partial charge in [-0.05, 0) is 80.9 Å². The summed E-state index contributed by atoms with van der Waals surface area (Å²) in [6.07, 6.45) is 4.96. The lowest BCUT2D eigenvalue weighted by molar-refractivity contribution is 0.102. The zero-order valence-corrected chi connectivity index (χ0v) is 28.0. The maximum absolute atomic E-state index is 15.5. The van der Waals surface area contributed by atoms with Crippen LogP contribution in [0.15, 0.2) is 95.9 Å². The SMILES string of the molecule is COc1cc2c(Oc3ccc(NC(=O)c4nn(-c5ccccc5Cl)c5ccccc5c4=O)cc3F)ccnc2cc1OCCCN1CCCC1. The van der Waals surface area contributed by atoms with Crippen molar-refractivity contribution in [2.75, 3.05) is 38.7 Å². The molecule has 0 unspecified atom stereocenters. The number of pyridine rings is 1. The van der Waals surface area contributed by atoms with Gasteiger partial charge in [0, 0.05) is 35.9 Å². The smallest absolute Gasteiger partial charge is 0.280 e. The van der Waals surface area contributed by atoms with Gasteiger partial charge in [0.05, 0.1) is 40.8 Å². The molecule has 0 atom stereocenters. The highest BCUT2D eigenvalue weighted by Crippen LogP contribution is 2.38. The van der Waals surface area contributed by atoms with Crippen LogP contribution in [0.4, 0.5) is 10.1 Å². The maximum Gasteiger partial charge on any atom is 0.280 e. The lowest BCUT2D eigenvalue weighted by atomic mass is 10.1. The van der Waals surface area contributed by atoms with Crippen LogP contribution >= 0.6 is 11.6 Å². The van der Waals surface area contributed by atoms with Crippen LogP contribution in [0.3, 0.4) is 0 Å². The molecule has 1 amide bonds. The number of halogens is 2. The highest BCUT2D eigenvalue weighted by Gasteiger charge is 2.20. The molecule has 3 heterocycles. The Morgan fingerprint density at radius 3 is 2.52 bits per heavy atom. The zero-order chi connectivity index (χ0) is 34.6. The summed E-state index contributed by atoms with van der Waals surface area (Å²) in [4.78, 5) is 33.7. The number of likely N-dealkylation sites (tertiary alicyclic amines) is 1. The van der Waals surface area contributed by atoms with Gasteiger partial charge >= 0.3 is 0 Å². The standard InChI is InChI=1S/C38H33ClFN5O5/c1-48-34-22-26-29(23-35(34)49-20-8-19-44-17-6-7-18-44)41-16-15-32(26)50-33-14-13-24(21-28(33)40)42-38(47)36-37(46)25-9-2-4-11-30(25)45(43-36)31-12-5-3-10-27(31)39/h2-5,9-16,21-23H,6-8,17-20H2,1H3,(H,42,47). The van der Waals surface area contributed by atoms with Crippen LogP contribution in [0, 0.1) is 5.82 Å². The van der Waals surface area contributed by atoms with Crippen LogP contribution in [0.5, 0.6) is 23.0 Å². The minimum absolute atomic E-state index is 0.0818. The van der Waals surface area contributed by atoms with Gasteiger partial charge in [-0.2, -0.15) is 5.10 Å². The van der Waals surface area contributed by atoms with E-state index in [9.17, 15) is 9.59 Å². The molecule has 0 radical (unpaired) electrons. The molecule has 1 aliphatic rings. The first-order valence-corrected chi connectivity index (χ1v) is 16.6. The normalized spacial score (nSPS) is 13.1. The summed E-state index contributed by atoms with van der Waals surface area (Å²) in [6.45, 7) is 3.81. The van der Waals surface area contributed by atoms with Gasteiger partial charge in [-0.1, -0.05) is 35.9 Å². The Bertz CT molecular complexity index is 2270. The largest absolute Gasteiger partial charge is 0.493 e. The van der Waals surface area contributed by atoms with Crippen molar-refractivity contribution in [1.29, 1.82) is 0 Å². The van der Waals surface area contributed by atoms with E-state index in [4.69, 9.17) is 25.8 Å². The van der Waals surface area contributed by atoms with Crippen molar-refractivity contribution < 1.29 is 23.4 Å². The number of rotatable bonds is 11. The lowest BCUT2D eigenvalue weighted by Crippen LogP contribution is -2.27. The van der Waals surface area contributed by atoms with E-state index < -0.39 is 17.2 Å². The third-order valence-electron chi connectivity index (χ3n) is 8.56. The van der Waals surface area contributed by atoms with Gasteiger partial charge in [0.2, 0.25) is 5.43 Å². The van der Waals surface area contributed by atoms with Crippen LogP contribution in [0.2, 0.25) is 5.02 Å². The van der Waals surface area contributed by atoms with Crippen molar-refractivity contribution in [1.82, 2.24) is 19.7 Å². The molecule has 7 rings (SSSR count). The number of methoxy groups -OCH3 is 1. The first kappa shape index (κ1) is 33.0. The van der Waals surface area contributed by atoms with E-state index >= 15 is 4.39 Å². The van der Waals surface area contributed by atoms with E-state index in [-0.39, 0.29) is 22.5 Å². The van der Waals surface area contributed by atoms with Crippen molar-refractivity contribution in [3.63, 3.8) is 0 Å². The van der Waals surface area contributed by atoms with Crippen LogP contribution in [-0.4, -0.2) is 58.9 Å². The number of fused-ring (bicyclic) bond motifs is 2. The quantitative estimate of drug-likeness (QED) is 0.138. The number of amides is 1. The third-order valence-corrected chi connectivity index (χ3v) is 8.88. The first-order valence-electron chi connectivity index (χ1n) is 16.3. The summed E-state index contributed by atoms with van der Waals surface area (Å²) in [6, 6.07) is 22.9. The van der Waals surface area contributed by atoms with Gasteiger partial charge < -0.3 is 24.4 Å². The van der Waals surface area contributed by atoms with E-state index in [1.54, 1.807) is 80.0 Å². The summed E-state index contributed by atoms with van der Waals surface area (Å²) in [5, 5.41) is 8.22. The molecule has 0 saturated carbocycles. The van der Waals surface area contributed by atoms with E-state index in [0.29, 0.717) is 51.0 Å². The van der Waals surface area contributed by atoms with Crippen molar-refractivity contribution in [3.05, 3.63) is 118 Å². The highest BCUT2D eigenvalue weighted by atomic mass is 35.5. The van der Waals surface area contributed by atoms with Gasteiger partial charge in [0.15, 0.2) is 28.8 Å². The van der Waals surface area contributed by atoms with Crippen molar-refractivity contribution in [3.8, 4) is 28.7 Å². The van der Waals surface area contributed by atoms with Crippen LogP contribution in [0.25, 0.3) is 27.5 Å². The summed E-state index contributed by atoms with van der Waals surface area (Å²) >= 11 is 6.44. The number of carbonyl (C=O) groups excluding carboxylic acids is 1. The van der Waals surface area contributed by atoms with Crippen molar-refractivity contribution >= 4 is 45.0 Å². The fraction of sp³-hybridized carbons (Fsp3) is 0.211. The van der Waals surface area contributed by atoms with E-state index in [1.807, 2.05) is 0 Å². The minimum Gasteiger partial charge on any atom is -0.493 e. The number of para-hydroxylation sites is 2. The van der Waals surface area contributed by atoms with E-state index in [2.05, 4.69) is 20.3 Å². The molecule has 1 fully saturated rings. The van der Waals surface area contributed by atoms with Gasteiger partial charge in [0.1, 0.15) is 5.75 Å². The number of carbonyl (C=O) groups is 1. The Morgan fingerprint density at radius 1 is 0.920 bits per heavy atom. The Labute approximate surface area is 292 Å². The number of hydrogen-bond acceptors (Lipinski definition) is 8. The molecule has 6 aromatic rings. The topological polar surface area (TPSA) is 108 Å². The number of anilines is 1.